The molecule has 36 heavy (non-hydrogen) atoms. The van der Waals surface area contributed by atoms with Gasteiger partial charge >= 0.3 is 0 Å². The highest BCUT2D eigenvalue weighted by atomic mass is 31.2. The molecule has 0 N–H and O–H groups in total. The van der Waals surface area contributed by atoms with Crippen LogP contribution in [0.5, 0.6) is 0 Å². The minimum absolute atomic E-state index is 0.403. The molecular formula is C33H35N2P. The molecule has 2 aliphatic rings. The fraction of sp³-hybridized carbons (Fsp3) is 0.273. The van der Waals surface area contributed by atoms with Crippen molar-refractivity contribution in [2.75, 3.05) is 13.1 Å². The Balaban J connectivity index is 1.47. The summed E-state index contributed by atoms with van der Waals surface area (Å²) in [7, 11) is -2.16. The summed E-state index contributed by atoms with van der Waals surface area (Å²) in [6.07, 6.45) is 3.91. The van der Waals surface area contributed by atoms with E-state index in [0.29, 0.717) is 17.9 Å². The van der Waals surface area contributed by atoms with Crippen molar-refractivity contribution in [2.24, 2.45) is 16.6 Å². The Kier molecular flexibility index (Phi) is 6.90. The van der Waals surface area contributed by atoms with Gasteiger partial charge in [-0.05, 0) is 30.2 Å². The third kappa shape index (κ3) is 4.61. The van der Waals surface area contributed by atoms with Crippen LogP contribution in [0, 0.1) is 11.8 Å². The highest BCUT2D eigenvalue weighted by molar-refractivity contribution is 7.87. The molecule has 1 heterocycles. The second-order valence-corrected chi connectivity index (χ2v) is 13.4. The van der Waals surface area contributed by atoms with Crippen molar-refractivity contribution < 1.29 is 0 Å². The van der Waals surface area contributed by atoms with Crippen molar-refractivity contribution in [1.82, 2.24) is 4.90 Å². The van der Waals surface area contributed by atoms with E-state index < -0.39 is 7.05 Å². The van der Waals surface area contributed by atoms with E-state index in [4.69, 9.17) is 4.74 Å². The Hall–Kier alpha value is -2.93. The van der Waals surface area contributed by atoms with E-state index in [1.165, 1.54) is 40.7 Å². The van der Waals surface area contributed by atoms with Crippen LogP contribution < -0.4 is 15.9 Å². The van der Waals surface area contributed by atoms with Gasteiger partial charge in [0.1, 0.15) is 0 Å². The second kappa shape index (κ2) is 10.6. The topological polar surface area (TPSA) is 15.6 Å². The maximum atomic E-state index is 6.09. The first-order valence-corrected chi connectivity index (χ1v) is 15.1. The molecule has 2 nitrogen and oxygen atoms in total. The maximum Gasteiger partial charge on any atom is 0.0576 e. The van der Waals surface area contributed by atoms with Gasteiger partial charge in [0.25, 0.3) is 0 Å². The molecule has 2 atom stereocenters. The van der Waals surface area contributed by atoms with Crippen molar-refractivity contribution in [1.29, 1.82) is 0 Å². The zero-order valence-corrected chi connectivity index (χ0v) is 21.8. The fourth-order valence-corrected chi connectivity index (χ4v) is 10.3. The number of piperidine rings is 1. The van der Waals surface area contributed by atoms with Crippen LogP contribution in [0.1, 0.15) is 24.8 Å². The van der Waals surface area contributed by atoms with Crippen LogP contribution >= 0.6 is 7.05 Å². The van der Waals surface area contributed by atoms with E-state index in [1.807, 2.05) is 0 Å². The lowest BCUT2D eigenvalue weighted by Crippen LogP contribution is -2.50. The SMILES string of the molecule is c1ccc(CN2CC3CCCC(C2)C3N=P(c2ccccc2)(c2ccccc2)c2ccccc2)cc1. The third-order valence-corrected chi connectivity index (χ3v) is 11.8. The van der Waals surface area contributed by atoms with Gasteiger partial charge in [0.05, 0.1) is 13.1 Å². The van der Waals surface area contributed by atoms with Gasteiger partial charge in [0.15, 0.2) is 0 Å². The van der Waals surface area contributed by atoms with E-state index in [1.54, 1.807) is 0 Å². The van der Waals surface area contributed by atoms with Gasteiger partial charge in [-0.1, -0.05) is 128 Å². The number of fused-ring (bicyclic) bond motifs is 2. The van der Waals surface area contributed by atoms with Crippen molar-refractivity contribution in [3.05, 3.63) is 127 Å². The molecule has 2 bridgehead atoms. The van der Waals surface area contributed by atoms with E-state index in [2.05, 4.69) is 126 Å². The minimum Gasteiger partial charge on any atom is -0.298 e. The van der Waals surface area contributed by atoms with Crippen LogP contribution in [-0.4, -0.2) is 24.0 Å². The fourth-order valence-electron chi connectivity index (χ4n) is 6.44. The van der Waals surface area contributed by atoms with Crippen LogP contribution in [-0.2, 0) is 6.54 Å². The lowest BCUT2D eigenvalue weighted by molar-refractivity contribution is 0.0607. The summed E-state index contributed by atoms with van der Waals surface area (Å²) in [5.41, 5.74) is 1.42. The van der Waals surface area contributed by atoms with Gasteiger partial charge in [-0.2, -0.15) is 0 Å². The second-order valence-electron chi connectivity index (χ2n) is 10.4. The predicted molar refractivity (Wildman–Crippen MR) is 154 cm³/mol. The molecule has 0 aromatic heterocycles. The highest BCUT2D eigenvalue weighted by Gasteiger charge is 2.41. The summed E-state index contributed by atoms with van der Waals surface area (Å²) in [6, 6.07) is 44.8. The molecule has 4 aromatic rings. The van der Waals surface area contributed by atoms with E-state index in [0.717, 1.165) is 19.6 Å². The van der Waals surface area contributed by atoms with Gasteiger partial charge < -0.3 is 0 Å². The first-order valence-electron chi connectivity index (χ1n) is 13.4. The summed E-state index contributed by atoms with van der Waals surface area (Å²) >= 11 is 0. The molecule has 1 aliphatic heterocycles. The van der Waals surface area contributed by atoms with Crippen LogP contribution in [0.25, 0.3) is 0 Å². The maximum absolute atomic E-state index is 6.09. The van der Waals surface area contributed by atoms with Crippen molar-refractivity contribution in [3.8, 4) is 0 Å². The molecule has 0 spiro atoms. The molecule has 3 heteroatoms. The average molecular weight is 491 g/mol. The van der Waals surface area contributed by atoms with Crippen LogP contribution in [0.4, 0.5) is 0 Å². The minimum atomic E-state index is -2.16. The van der Waals surface area contributed by atoms with Crippen LogP contribution in [0.15, 0.2) is 126 Å². The summed E-state index contributed by atoms with van der Waals surface area (Å²) in [6.45, 7) is 3.35. The number of benzene rings is 4. The van der Waals surface area contributed by atoms with E-state index in [-0.39, 0.29) is 0 Å². The van der Waals surface area contributed by atoms with Crippen LogP contribution in [0.2, 0.25) is 0 Å². The number of hydrogen-bond donors (Lipinski definition) is 0. The molecule has 6 rings (SSSR count). The molecule has 1 saturated heterocycles. The Morgan fingerprint density at radius 1 is 0.583 bits per heavy atom. The smallest absolute Gasteiger partial charge is 0.0576 e. The number of likely N-dealkylation sites (tertiary alicyclic amines) is 1. The Morgan fingerprint density at radius 3 is 1.44 bits per heavy atom. The van der Waals surface area contributed by atoms with Crippen molar-refractivity contribution in [3.63, 3.8) is 0 Å². The molecule has 4 aromatic carbocycles. The molecule has 2 unspecified atom stereocenters. The summed E-state index contributed by atoms with van der Waals surface area (Å²) < 4.78 is 6.09. The first kappa shape index (κ1) is 23.5. The summed E-state index contributed by atoms with van der Waals surface area (Å²) in [5, 5.41) is 4.10. The van der Waals surface area contributed by atoms with Gasteiger partial charge in [-0.15, -0.1) is 0 Å². The molecule has 2 fully saturated rings. The summed E-state index contributed by atoms with van der Waals surface area (Å²) in [4.78, 5) is 2.70. The average Bonchev–Trinajstić information content (AvgIpc) is 2.94. The van der Waals surface area contributed by atoms with E-state index in [9.17, 15) is 0 Å². The Bertz CT molecular complexity index is 1190. The van der Waals surface area contributed by atoms with Crippen molar-refractivity contribution >= 4 is 23.0 Å². The Morgan fingerprint density at radius 2 is 1.00 bits per heavy atom. The number of rotatable bonds is 6. The molecule has 1 saturated carbocycles. The summed E-state index contributed by atoms with van der Waals surface area (Å²) in [5.74, 6) is 1.24. The molecule has 1 aliphatic carbocycles. The first-order chi connectivity index (χ1) is 17.8. The lowest BCUT2D eigenvalue weighted by Gasteiger charge is -2.47. The lowest BCUT2D eigenvalue weighted by atomic mass is 9.74. The predicted octanol–water partition coefficient (Wildman–Crippen LogP) is 6.46. The number of nitrogens with zero attached hydrogens (tertiary/aromatic N) is 2. The van der Waals surface area contributed by atoms with Gasteiger partial charge in [-0.25, -0.2) is 0 Å². The molecular weight excluding hydrogens is 455 g/mol. The standard InChI is InChI=1S/C33H35N2P/c1-5-14-27(15-6-1)24-35-25-28-16-13-17-29(26-35)33(28)34-36(30-18-7-2-8-19-30,31-20-9-3-10-21-31)32-22-11-4-12-23-32/h1-12,14-15,18-23,28-29,33H,13,16-17,24-26H2. The van der Waals surface area contributed by atoms with Crippen LogP contribution in [0.3, 0.4) is 0 Å². The van der Waals surface area contributed by atoms with Crippen molar-refractivity contribution in [2.45, 2.75) is 31.8 Å². The quantitative estimate of drug-likeness (QED) is 0.283. The van der Waals surface area contributed by atoms with E-state index >= 15 is 0 Å². The molecule has 182 valence electrons. The monoisotopic (exact) mass is 490 g/mol. The zero-order chi connectivity index (χ0) is 24.2. The largest absolute Gasteiger partial charge is 0.298 e. The molecule has 0 radical (unpaired) electrons. The van der Waals surface area contributed by atoms with Gasteiger partial charge in [0.2, 0.25) is 0 Å². The normalized spacial score (nSPS) is 22.2. The zero-order valence-electron chi connectivity index (χ0n) is 20.9. The van der Waals surface area contributed by atoms with Gasteiger partial charge in [0, 0.05) is 35.5 Å². The van der Waals surface area contributed by atoms with Gasteiger partial charge in [-0.3, -0.25) is 9.64 Å². The molecule has 0 amide bonds. The number of hydrogen-bond acceptors (Lipinski definition) is 2. The highest BCUT2D eigenvalue weighted by Crippen LogP contribution is 2.51. The third-order valence-electron chi connectivity index (χ3n) is 8.05. The Labute approximate surface area is 216 Å².